The maximum atomic E-state index is 14.3. The standard InChI is InChI=1S/C17H11BrCl2F2NO4PS/c18-13-9-4-8(16(23)24)5-12(14(9)29-15(13)17(21,22)28(25)26)27-6-7-1-2-10(19)11(20)3-7/h1-5,25-26H,6H2,(H2,23,24). The van der Waals surface area contributed by atoms with Gasteiger partial charge in [-0.3, -0.25) is 4.79 Å². The van der Waals surface area contributed by atoms with Gasteiger partial charge in [0.2, 0.25) is 14.3 Å². The molecule has 29 heavy (non-hydrogen) atoms. The molecule has 0 aliphatic rings. The molecule has 5 nitrogen and oxygen atoms in total. The minimum Gasteiger partial charge on any atom is -0.487 e. The second kappa shape index (κ2) is 8.59. The fourth-order valence-electron chi connectivity index (χ4n) is 2.46. The van der Waals surface area contributed by atoms with Crippen LogP contribution in [0.5, 0.6) is 5.75 Å². The van der Waals surface area contributed by atoms with Gasteiger partial charge in [0.1, 0.15) is 12.4 Å². The van der Waals surface area contributed by atoms with Crippen molar-refractivity contribution >= 4 is 74.8 Å². The molecule has 0 aliphatic carbocycles. The number of primary amides is 1. The lowest BCUT2D eigenvalue weighted by atomic mass is 10.1. The first-order valence-electron chi connectivity index (χ1n) is 7.71. The summed E-state index contributed by atoms with van der Waals surface area (Å²) >= 11 is 15.5. The molecule has 0 saturated carbocycles. The van der Waals surface area contributed by atoms with Gasteiger partial charge in [-0.1, -0.05) is 29.3 Å². The van der Waals surface area contributed by atoms with Gasteiger partial charge in [0.15, 0.2) is 0 Å². The predicted molar refractivity (Wildman–Crippen MR) is 114 cm³/mol. The Labute approximate surface area is 187 Å². The summed E-state index contributed by atoms with van der Waals surface area (Å²) in [6.45, 7) is 0.0160. The molecule has 2 aromatic carbocycles. The number of hydrogen-bond donors (Lipinski definition) is 3. The number of thiophene rings is 1. The van der Waals surface area contributed by atoms with E-state index in [4.69, 9.17) is 43.5 Å². The minimum absolute atomic E-state index is 0.0160. The van der Waals surface area contributed by atoms with Crippen LogP contribution in [0.4, 0.5) is 8.78 Å². The molecule has 4 N–H and O–H groups in total. The molecule has 1 aromatic heterocycles. The summed E-state index contributed by atoms with van der Waals surface area (Å²) in [6.07, 6.45) is 0. The highest BCUT2D eigenvalue weighted by atomic mass is 79.9. The van der Waals surface area contributed by atoms with Gasteiger partial charge < -0.3 is 20.3 Å². The zero-order valence-corrected chi connectivity index (χ0v) is 18.9. The third-order valence-corrected chi connectivity index (χ3v) is 7.87. The molecule has 3 aromatic rings. The molecule has 0 atom stereocenters. The summed E-state index contributed by atoms with van der Waals surface area (Å²) in [5.41, 5.74) is 2.18. The molecule has 1 amide bonds. The predicted octanol–water partition coefficient (Wildman–Crippen LogP) is 5.99. The largest absolute Gasteiger partial charge is 0.487 e. The number of hydrogen-bond acceptors (Lipinski definition) is 5. The van der Waals surface area contributed by atoms with E-state index in [0.29, 0.717) is 26.9 Å². The Kier molecular flexibility index (Phi) is 6.70. The van der Waals surface area contributed by atoms with Crippen molar-refractivity contribution in [2.75, 3.05) is 0 Å². The Balaban J connectivity index is 2.09. The highest BCUT2D eigenvalue weighted by molar-refractivity contribution is 9.10. The van der Waals surface area contributed by atoms with E-state index in [-0.39, 0.29) is 32.5 Å². The molecule has 0 fully saturated rings. The van der Waals surface area contributed by atoms with Gasteiger partial charge >= 0.3 is 5.66 Å². The van der Waals surface area contributed by atoms with Crippen LogP contribution in [0.3, 0.4) is 0 Å². The number of amides is 1. The van der Waals surface area contributed by atoms with E-state index < -0.39 is 24.8 Å². The van der Waals surface area contributed by atoms with Crippen molar-refractivity contribution in [3.05, 3.63) is 60.9 Å². The van der Waals surface area contributed by atoms with E-state index in [9.17, 15) is 13.6 Å². The second-order valence-corrected chi connectivity index (χ2v) is 9.60. The van der Waals surface area contributed by atoms with Crippen LogP contribution in [-0.2, 0) is 12.3 Å². The minimum atomic E-state index is -3.87. The average Bonchev–Trinajstić information content (AvgIpc) is 3.00. The van der Waals surface area contributed by atoms with Crippen molar-refractivity contribution in [2.24, 2.45) is 5.73 Å². The number of benzene rings is 2. The van der Waals surface area contributed by atoms with Crippen LogP contribution in [-0.4, -0.2) is 15.7 Å². The molecule has 0 spiro atoms. The third kappa shape index (κ3) is 4.51. The van der Waals surface area contributed by atoms with Gasteiger partial charge in [-0.2, -0.15) is 8.78 Å². The molecule has 0 radical (unpaired) electrons. The van der Waals surface area contributed by atoms with Crippen LogP contribution in [0.1, 0.15) is 20.8 Å². The lowest BCUT2D eigenvalue weighted by molar-refractivity contribution is 0.0766. The number of alkyl halides is 2. The number of carbonyl (C=O) groups is 1. The lowest BCUT2D eigenvalue weighted by Crippen LogP contribution is -2.11. The molecular weight excluding hydrogens is 534 g/mol. The first-order chi connectivity index (χ1) is 13.5. The van der Waals surface area contributed by atoms with Crippen molar-refractivity contribution in [1.29, 1.82) is 0 Å². The van der Waals surface area contributed by atoms with Crippen molar-refractivity contribution < 1.29 is 28.1 Å². The summed E-state index contributed by atoms with van der Waals surface area (Å²) in [5.74, 6) is -0.639. The first-order valence-corrected chi connectivity index (χ1v) is 11.3. The number of halogens is 5. The van der Waals surface area contributed by atoms with Gasteiger partial charge in [-0.15, -0.1) is 11.3 Å². The normalized spacial score (nSPS) is 12.0. The lowest BCUT2D eigenvalue weighted by Gasteiger charge is -2.15. The summed E-state index contributed by atoms with van der Waals surface area (Å²) < 4.78 is 34.5. The van der Waals surface area contributed by atoms with E-state index >= 15 is 0 Å². The van der Waals surface area contributed by atoms with Crippen molar-refractivity contribution in [1.82, 2.24) is 0 Å². The Bertz CT molecular complexity index is 1110. The SMILES string of the molecule is NC(=O)c1cc(OCc2ccc(Cl)c(Cl)c2)c2sc(C(F)(F)P(O)O)c(Br)c2c1. The van der Waals surface area contributed by atoms with Crippen LogP contribution in [0, 0.1) is 0 Å². The molecule has 154 valence electrons. The number of nitrogens with two attached hydrogens (primary N) is 1. The highest BCUT2D eigenvalue weighted by Crippen LogP contribution is 2.58. The zero-order chi connectivity index (χ0) is 21.5. The van der Waals surface area contributed by atoms with E-state index in [1.165, 1.54) is 12.1 Å². The van der Waals surface area contributed by atoms with E-state index in [1.54, 1.807) is 18.2 Å². The van der Waals surface area contributed by atoms with Crippen LogP contribution < -0.4 is 10.5 Å². The van der Waals surface area contributed by atoms with Gasteiger partial charge in [0, 0.05) is 15.4 Å². The molecule has 0 aliphatic heterocycles. The van der Waals surface area contributed by atoms with Crippen LogP contribution in [0.25, 0.3) is 10.1 Å². The Morgan fingerprint density at radius 2 is 1.93 bits per heavy atom. The fourth-order valence-corrected chi connectivity index (χ4v) is 5.56. The highest BCUT2D eigenvalue weighted by Gasteiger charge is 2.45. The van der Waals surface area contributed by atoms with E-state index in [2.05, 4.69) is 15.9 Å². The summed E-state index contributed by atoms with van der Waals surface area (Å²) in [6, 6.07) is 7.53. The van der Waals surface area contributed by atoms with Crippen molar-refractivity contribution in [3.63, 3.8) is 0 Å². The Morgan fingerprint density at radius 3 is 2.52 bits per heavy atom. The van der Waals surface area contributed by atoms with E-state index in [0.717, 1.165) is 0 Å². The second-order valence-electron chi connectivity index (χ2n) is 5.83. The zero-order valence-electron chi connectivity index (χ0n) is 14.1. The van der Waals surface area contributed by atoms with Gasteiger partial charge in [-0.05, 0) is 45.8 Å². The summed E-state index contributed by atoms with van der Waals surface area (Å²) in [5, 5.41) is 0.929. The van der Waals surface area contributed by atoms with E-state index in [1.807, 2.05) is 0 Å². The summed E-state index contributed by atoms with van der Waals surface area (Å²) in [4.78, 5) is 29.3. The maximum Gasteiger partial charge on any atom is 0.349 e. The molecule has 1 heterocycles. The monoisotopic (exact) mass is 543 g/mol. The van der Waals surface area contributed by atoms with Crippen LogP contribution in [0.15, 0.2) is 34.8 Å². The van der Waals surface area contributed by atoms with Crippen molar-refractivity contribution in [2.45, 2.75) is 12.3 Å². The van der Waals surface area contributed by atoms with Gasteiger partial charge in [0.05, 0.1) is 19.6 Å². The Hall–Kier alpha value is -1.06. The summed E-state index contributed by atoms with van der Waals surface area (Å²) in [7, 11) is -3.57. The molecule has 3 rings (SSSR count). The van der Waals surface area contributed by atoms with Crippen molar-refractivity contribution in [3.8, 4) is 5.75 Å². The molecule has 0 saturated heterocycles. The van der Waals surface area contributed by atoms with Gasteiger partial charge in [-0.25, -0.2) is 0 Å². The molecule has 12 heteroatoms. The number of ether oxygens (including phenoxy) is 1. The maximum absolute atomic E-state index is 14.3. The van der Waals surface area contributed by atoms with Crippen LogP contribution in [0.2, 0.25) is 10.0 Å². The number of carbonyl (C=O) groups excluding carboxylic acids is 1. The molecular formula is C17H11BrCl2F2NO4PS. The van der Waals surface area contributed by atoms with Gasteiger partial charge in [0.25, 0.3) is 0 Å². The quantitative estimate of drug-likeness (QED) is 0.332. The molecule has 0 unspecified atom stereocenters. The first kappa shape index (κ1) is 22.6. The topological polar surface area (TPSA) is 92.8 Å². The third-order valence-electron chi connectivity index (χ3n) is 3.88. The van der Waals surface area contributed by atoms with Crippen LogP contribution >= 0.6 is 58.8 Å². The number of rotatable bonds is 6. The average molecular weight is 545 g/mol. The fraction of sp³-hybridized carbons (Fsp3) is 0.118. The number of fused-ring (bicyclic) bond motifs is 1. The Morgan fingerprint density at radius 1 is 1.24 bits per heavy atom. The smallest absolute Gasteiger partial charge is 0.349 e. The molecule has 0 bridgehead atoms.